The van der Waals surface area contributed by atoms with Crippen LogP contribution in [0, 0.1) is 11.3 Å². The fraction of sp³-hybridized carbons (Fsp3) is 0.143. The fourth-order valence-electron chi connectivity index (χ4n) is 1.59. The van der Waals surface area contributed by atoms with Crippen LogP contribution in [0.15, 0.2) is 40.8 Å². The summed E-state index contributed by atoms with van der Waals surface area (Å²) in [7, 11) is 0. The molecule has 0 saturated heterocycles. The number of hydrogen-bond donors (Lipinski definition) is 2. The molecule has 0 radical (unpaired) electrons. The maximum Gasteiger partial charge on any atom is 0.291 e. The summed E-state index contributed by atoms with van der Waals surface area (Å²) in [5, 5.41) is 11.6. The lowest BCUT2D eigenvalue weighted by atomic mass is 10.2. The number of carbonyl (C=O) groups is 1. The van der Waals surface area contributed by atoms with Crippen molar-refractivity contribution in [3.63, 3.8) is 0 Å². The zero-order valence-electron chi connectivity index (χ0n) is 10.4. The third kappa shape index (κ3) is 2.81. The molecule has 0 aliphatic heterocycles. The number of anilines is 1. The van der Waals surface area contributed by atoms with E-state index in [-0.39, 0.29) is 11.8 Å². The first-order chi connectivity index (χ1) is 9.11. The molecule has 0 saturated carbocycles. The van der Waals surface area contributed by atoms with Crippen LogP contribution in [0.3, 0.4) is 0 Å². The highest BCUT2D eigenvalue weighted by molar-refractivity contribution is 6.03. The van der Waals surface area contributed by atoms with Gasteiger partial charge in [-0.3, -0.25) is 4.79 Å². The van der Waals surface area contributed by atoms with E-state index in [4.69, 9.17) is 15.4 Å². The van der Waals surface area contributed by atoms with Gasteiger partial charge in [-0.15, -0.1) is 0 Å². The summed E-state index contributed by atoms with van der Waals surface area (Å²) in [5.74, 6) is 0.299. The van der Waals surface area contributed by atoms with Gasteiger partial charge in [0.2, 0.25) is 0 Å². The molecule has 2 aromatic rings. The predicted octanol–water partition coefficient (Wildman–Crippen LogP) is 2.42. The van der Waals surface area contributed by atoms with Gasteiger partial charge < -0.3 is 15.5 Å². The van der Waals surface area contributed by atoms with E-state index in [1.54, 1.807) is 43.3 Å². The van der Waals surface area contributed by atoms with Crippen LogP contribution in [0.2, 0.25) is 0 Å². The zero-order chi connectivity index (χ0) is 13.8. The van der Waals surface area contributed by atoms with Gasteiger partial charge in [0.15, 0.2) is 5.76 Å². The number of amides is 1. The Bertz CT molecular complexity index is 638. The first-order valence-electron chi connectivity index (χ1n) is 5.77. The van der Waals surface area contributed by atoms with E-state index in [0.717, 1.165) is 0 Å². The highest BCUT2D eigenvalue weighted by Gasteiger charge is 2.14. The Morgan fingerprint density at radius 2 is 2.11 bits per heavy atom. The molecule has 0 bridgehead atoms. The number of nitrogens with two attached hydrogens (primary N) is 1. The zero-order valence-corrected chi connectivity index (χ0v) is 10.4. The number of furan rings is 1. The van der Waals surface area contributed by atoms with E-state index in [9.17, 15) is 4.79 Å². The van der Waals surface area contributed by atoms with Crippen LogP contribution in [0.4, 0.5) is 5.69 Å². The summed E-state index contributed by atoms with van der Waals surface area (Å²) in [6, 6.07) is 11.7. The van der Waals surface area contributed by atoms with Gasteiger partial charge in [-0.05, 0) is 31.2 Å². The second kappa shape index (κ2) is 5.38. The first kappa shape index (κ1) is 12.9. The lowest BCUT2D eigenvalue weighted by molar-refractivity contribution is 0.0994. The molecule has 1 aromatic carbocycles. The standard InChI is InChI=1S/C14H13N3O2/c1-9(16)12-6-7-13(19-12)14(18)17-11-5-3-2-4-10(11)8-15/h2-7,9H,16H2,1H3,(H,17,18). The van der Waals surface area contributed by atoms with Crippen molar-refractivity contribution in [2.45, 2.75) is 13.0 Å². The second-order valence-corrected chi connectivity index (χ2v) is 4.10. The Labute approximate surface area is 110 Å². The fourth-order valence-corrected chi connectivity index (χ4v) is 1.59. The quantitative estimate of drug-likeness (QED) is 0.880. The minimum Gasteiger partial charge on any atom is -0.454 e. The van der Waals surface area contributed by atoms with Crippen LogP contribution in [-0.4, -0.2) is 5.91 Å². The number of para-hydroxylation sites is 1. The summed E-state index contributed by atoms with van der Waals surface area (Å²) in [6.07, 6.45) is 0. The van der Waals surface area contributed by atoms with E-state index in [1.165, 1.54) is 0 Å². The average Bonchev–Trinajstić information content (AvgIpc) is 2.89. The summed E-state index contributed by atoms with van der Waals surface area (Å²) in [6.45, 7) is 1.77. The van der Waals surface area contributed by atoms with Crippen molar-refractivity contribution in [3.05, 3.63) is 53.5 Å². The van der Waals surface area contributed by atoms with Crippen molar-refractivity contribution in [1.29, 1.82) is 5.26 Å². The molecule has 96 valence electrons. The Balaban J connectivity index is 2.19. The Morgan fingerprint density at radius 3 is 2.74 bits per heavy atom. The van der Waals surface area contributed by atoms with Crippen molar-refractivity contribution in [2.24, 2.45) is 5.73 Å². The molecule has 1 unspecified atom stereocenters. The van der Waals surface area contributed by atoms with Crippen LogP contribution in [-0.2, 0) is 0 Å². The van der Waals surface area contributed by atoms with Crippen molar-refractivity contribution in [3.8, 4) is 6.07 Å². The van der Waals surface area contributed by atoms with Gasteiger partial charge >= 0.3 is 0 Å². The SMILES string of the molecule is CC(N)c1ccc(C(=O)Nc2ccccc2C#N)o1. The van der Waals surface area contributed by atoms with Gasteiger partial charge in [-0.25, -0.2) is 0 Å². The van der Waals surface area contributed by atoms with Crippen LogP contribution in [0.25, 0.3) is 0 Å². The second-order valence-electron chi connectivity index (χ2n) is 4.10. The van der Waals surface area contributed by atoms with Crippen molar-refractivity contribution in [2.75, 3.05) is 5.32 Å². The molecular formula is C14H13N3O2. The van der Waals surface area contributed by atoms with E-state index in [0.29, 0.717) is 17.0 Å². The van der Waals surface area contributed by atoms with Crippen LogP contribution < -0.4 is 11.1 Å². The predicted molar refractivity (Wildman–Crippen MR) is 70.4 cm³/mol. The van der Waals surface area contributed by atoms with Gasteiger partial charge in [0.25, 0.3) is 5.91 Å². The van der Waals surface area contributed by atoms with Gasteiger partial charge in [0.1, 0.15) is 11.8 Å². The monoisotopic (exact) mass is 255 g/mol. The van der Waals surface area contributed by atoms with Crippen molar-refractivity contribution in [1.82, 2.24) is 0 Å². The number of nitriles is 1. The van der Waals surface area contributed by atoms with Gasteiger partial charge in [0.05, 0.1) is 17.3 Å². The molecule has 1 aromatic heterocycles. The Hall–Kier alpha value is -2.58. The molecule has 0 spiro atoms. The molecular weight excluding hydrogens is 242 g/mol. The molecule has 1 heterocycles. The van der Waals surface area contributed by atoms with Gasteiger partial charge in [0, 0.05) is 0 Å². The summed E-state index contributed by atoms with van der Waals surface area (Å²) >= 11 is 0. The third-order valence-electron chi connectivity index (χ3n) is 2.60. The molecule has 2 rings (SSSR count). The van der Waals surface area contributed by atoms with Crippen molar-refractivity contribution >= 4 is 11.6 Å². The topological polar surface area (TPSA) is 92.0 Å². The molecule has 5 heteroatoms. The van der Waals surface area contributed by atoms with E-state index >= 15 is 0 Å². The minimum absolute atomic E-state index is 0.167. The van der Waals surface area contributed by atoms with E-state index in [2.05, 4.69) is 5.32 Å². The van der Waals surface area contributed by atoms with Crippen LogP contribution >= 0.6 is 0 Å². The number of hydrogen-bond acceptors (Lipinski definition) is 4. The number of rotatable bonds is 3. The maximum atomic E-state index is 12.0. The summed E-state index contributed by atoms with van der Waals surface area (Å²) in [5.41, 5.74) is 6.51. The lowest BCUT2D eigenvalue weighted by Gasteiger charge is -2.05. The number of nitrogens with one attached hydrogen (secondary N) is 1. The first-order valence-corrected chi connectivity index (χ1v) is 5.77. The molecule has 0 aliphatic carbocycles. The largest absolute Gasteiger partial charge is 0.454 e. The average molecular weight is 255 g/mol. The molecule has 1 amide bonds. The molecule has 0 fully saturated rings. The molecule has 19 heavy (non-hydrogen) atoms. The summed E-state index contributed by atoms with van der Waals surface area (Å²) < 4.78 is 5.33. The number of benzene rings is 1. The van der Waals surface area contributed by atoms with Crippen LogP contribution in [0.5, 0.6) is 0 Å². The Kier molecular flexibility index (Phi) is 3.64. The molecule has 0 aliphatic rings. The normalized spacial score (nSPS) is 11.6. The third-order valence-corrected chi connectivity index (χ3v) is 2.60. The molecule has 5 nitrogen and oxygen atoms in total. The minimum atomic E-state index is -0.408. The van der Waals surface area contributed by atoms with E-state index < -0.39 is 5.91 Å². The smallest absolute Gasteiger partial charge is 0.291 e. The number of nitrogens with zero attached hydrogens (tertiary/aromatic N) is 1. The highest BCUT2D eigenvalue weighted by atomic mass is 16.4. The Morgan fingerprint density at radius 1 is 1.37 bits per heavy atom. The maximum absolute atomic E-state index is 12.0. The molecule has 1 atom stereocenters. The van der Waals surface area contributed by atoms with Crippen molar-refractivity contribution < 1.29 is 9.21 Å². The number of carbonyl (C=O) groups excluding carboxylic acids is 1. The van der Waals surface area contributed by atoms with Gasteiger partial charge in [-0.2, -0.15) is 5.26 Å². The van der Waals surface area contributed by atoms with Crippen LogP contribution in [0.1, 0.15) is 34.8 Å². The summed E-state index contributed by atoms with van der Waals surface area (Å²) in [4.78, 5) is 12.0. The highest BCUT2D eigenvalue weighted by Crippen LogP contribution is 2.18. The van der Waals surface area contributed by atoms with E-state index in [1.807, 2.05) is 6.07 Å². The van der Waals surface area contributed by atoms with Gasteiger partial charge in [-0.1, -0.05) is 12.1 Å². The lowest BCUT2D eigenvalue weighted by Crippen LogP contribution is -2.12. The molecule has 3 N–H and O–H groups in total.